The van der Waals surface area contributed by atoms with Crippen molar-refractivity contribution in [3.63, 3.8) is 0 Å². The van der Waals surface area contributed by atoms with Crippen LogP contribution in [0.3, 0.4) is 0 Å². The number of nitrogens with one attached hydrogen (secondary N) is 1. The van der Waals surface area contributed by atoms with Crippen molar-refractivity contribution in [2.45, 2.75) is 58.9 Å². The molecule has 0 heterocycles. The first-order valence-corrected chi connectivity index (χ1v) is 8.11. The second kappa shape index (κ2) is 6.87. The molecule has 1 aliphatic rings. The van der Waals surface area contributed by atoms with E-state index in [0.29, 0.717) is 16.9 Å². The first-order chi connectivity index (χ1) is 9.93. The summed E-state index contributed by atoms with van der Waals surface area (Å²) < 4.78 is 27.2. The van der Waals surface area contributed by atoms with Crippen LogP contribution in [0.1, 0.15) is 64.5 Å². The predicted molar refractivity (Wildman–Crippen MR) is 83.1 cm³/mol. The minimum Gasteiger partial charge on any atom is -0.310 e. The summed E-state index contributed by atoms with van der Waals surface area (Å²) in [5, 5.41) is 3.45. The molecule has 1 aromatic carbocycles. The van der Waals surface area contributed by atoms with E-state index < -0.39 is 11.6 Å². The van der Waals surface area contributed by atoms with Gasteiger partial charge in [-0.25, -0.2) is 8.78 Å². The molecule has 0 aliphatic heterocycles. The van der Waals surface area contributed by atoms with Crippen LogP contribution in [0.25, 0.3) is 0 Å². The van der Waals surface area contributed by atoms with Crippen LogP contribution in [-0.2, 0) is 0 Å². The highest BCUT2D eigenvalue weighted by Crippen LogP contribution is 2.43. The van der Waals surface area contributed by atoms with Gasteiger partial charge in [-0.2, -0.15) is 0 Å². The van der Waals surface area contributed by atoms with Crippen LogP contribution in [0.15, 0.2) is 18.2 Å². The molecular weight excluding hydrogens is 268 g/mol. The molecule has 0 radical (unpaired) electrons. The van der Waals surface area contributed by atoms with E-state index in [2.05, 4.69) is 19.2 Å². The summed E-state index contributed by atoms with van der Waals surface area (Å²) in [6.07, 6.45) is 6.28. The zero-order valence-corrected chi connectivity index (χ0v) is 13.4. The first kappa shape index (κ1) is 16.4. The van der Waals surface area contributed by atoms with E-state index in [1.54, 1.807) is 12.1 Å². The van der Waals surface area contributed by atoms with Crippen molar-refractivity contribution in [2.75, 3.05) is 6.54 Å². The standard InChI is InChI=1S/C18H27F2N/c1-13(2)11-18(9-4-5-10-18)12-21-14(3)15-7-6-8-16(19)17(15)20/h6-8,13-14,21H,4-5,9-12H2,1-3H3. The molecule has 2 rings (SSSR count). The molecule has 1 fully saturated rings. The highest BCUT2D eigenvalue weighted by molar-refractivity contribution is 5.22. The highest BCUT2D eigenvalue weighted by atomic mass is 19.2. The second-order valence-corrected chi connectivity index (χ2v) is 7.05. The molecule has 0 aromatic heterocycles. The van der Waals surface area contributed by atoms with Crippen molar-refractivity contribution in [3.8, 4) is 0 Å². The summed E-state index contributed by atoms with van der Waals surface area (Å²) >= 11 is 0. The Morgan fingerprint density at radius 3 is 2.43 bits per heavy atom. The van der Waals surface area contributed by atoms with Crippen molar-refractivity contribution in [3.05, 3.63) is 35.4 Å². The van der Waals surface area contributed by atoms with Crippen LogP contribution in [0.5, 0.6) is 0 Å². The maximum absolute atomic E-state index is 13.8. The highest BCUT2D eigenvalue weighted by Gasteiger charge is 2.34. The predicted octanol–water partition coefficient (Wildman–Crippen LogP) is 5.22. The van der Waals surface area contributed by atoms with Gasteiger partial charge in [0, 0.05) is 18.2 Å². The van der Waals surface area contributed by atoms with E-state index in [-0.39, 0.29) is 6.04 Å². The molecule has 1 aromatic rings. The Hall–Kier alpha value is -0.960. The van der Waals surface area contributed by atoms with Crippen LogP contribution in [-0.4, -0.2) is 6.54 Å². The van der Waals surface area contributed by atoms with Crippen LogP contribution in [0, 0.1) is 23.0 Å². The normalized spacial score (nSPS) is 19.1. The molecule has 1 N–H and O–H groups in total. The van der Waals surface area contributed by atoms with E-state index >= 15 is 0 Å². The summed E-state index contributed by atoms with van der Waals surface area (Å²) in [6.45, 7) is 7.32. The molecule has 0 spiro atoms. The van der Waals surface area contributed by atoms with Crippen LogP contribution in [0.2, 0.25) is 0 Å². The number of benzene rings is 1. The zero-order chi connectivity index (χ0) is 15.5. The Bertz CT molecular complexity index is 464. The third-order valence-electron chi connectivity index (χ3n) is 4.74. The molecule has 1 aliphatic carbocycles. The molecule has 1 unspecified atom stereocenters. The quantitative estimate of drug-likeness (QED) is 0.758. The van der Waals surface area contributed by atoms with Gasteiger partial charge in [-0.05, 0) is 43.6 Å². The Morgan fingerprint density at radius 2 is 1.81 bits per heavy atom. The third kappa shape index (κ3) is 4.03. The van der Waals surface area contributed by atoms with Gasteiger partial charge in [-0.15, -0.1) is 0 Å². The maximum atomic E-state index is 13.8. The third-order valence-corrected chi connectivity index (χ3v) is 4.74. The average molecular weight is 295 g/mol. The minimum absolute atomic E-state index is 0.162. The lowest BCUT2D eigenvalue weighted by Gasteiger charge is -2.33. The molecule has 0 bridgehead atoms. The van der Waals surface area contributed by atoms with Crippen molar-refractivity contribution < 1.29 is 8.78 Å². The fraction of sp³-hybridized carbons (Fsp3) is 0.667. The monoisotopic (exact) mass is 295 g/mol. The van der Waals surface area contributed by atoms with Crippen molar-refractivity contribution in [2.24, 2.45) is 11.3 Å². The summed E-state index contributed by atoms with van der Waals surface area (Å²) in [5.41, 5.74) is 0.763. The molecule has 0 amide bonds. The van der Waals surface area contributed by atoms with Crippen LogP contribution >= 0.6 is 0 Å². The average Bonchev–Trinajstić information content (AvgIpc) is 2.87. The van der Waals surface area contributed by atoms with Crippen molar-refractivity contribution in [1.29, 1.82) is 0 Å². The van der Waals surface area contributed by atoms with Crippen molar-refractivity contribution >= 4 is 0 Å². The van der Waals surface area contributed by atoms with E-state index in [1.807, 2.05) is 6.92 Å². The van der Waals surface area contributed by atoms with Gasteiger partial charge in [0.05, 0.1) is 0 Å². The lowest BCUT2D eigenvalue weighted by molar-refractivity contribution is 0.216. The molecule has 1 saturated carbocycles. The molecule has 3 heteroatoms. The second-order valence-electron chi connectivity index (χ2n) is 7.05. The minimum atomic E-state index is -0.765. The number of halogens is 2. The molecule has 1 atom stereocenters. The van der Waals surface area contributed by atoms with Gasteiger partial charge >= 0.3 is 0 Å². The number of hydrogen-bond acceptors (Lipinski definition) is 1. The zero-order valence-electron chi connectivity index (χ0n) is 13.4. The molecule has 21 heavy (non-hydrogen) atoms. The number of rotatable bonds is 6. The van der Waals surface area contributed by atoms with Crippen molar-refractivity contribution in [1.82, 2.24) is 5.32 Å². The summed E-state index contributed by atoms with van der Waals surface area (Å²) in [7, 11) is 0. The maximum Gasteiger partial charge on any atom is 0.163 e. The fourth-order valence-electron chi connectivity index (χ4n) is 3.78. The summed E-state index contributed by atoms with van der Waals surface area (Å²) in [4.78, 5) is 0. The van der Waals surface area contributed by atoms with Gasteiger partial charge in [-0.3, -0.25) is 0 Å². The van der Waals surface area contributed by atoms with Gasteiger partial charge in [0.1, 0.15) is 0 Å². The first-order valence-electron chi connectivity index (χ1n) is 8.11. The Kier molecular flexibility index (Phi) is 5.37. The van der Waals surface area contributed by atoms with Gasteiger partial charge in [-0.1, -0.05) is 38.8 Å². The van der Waals surface area contributed by atoms with E-state index in [0.717, 1.165) is 6.54 Å². The lowest BCUT2D eigenvalue weighted by atomic mass is 9.78. The topological polar surface area (TPSA) is 12.0 Å². The lowest BCUT2D eigenvalue weighted by Crippen LogP contribution is -2.35. The van der Waals surface area contributed by atoms with Gasteiger partial charge in [0.25, 0.3) is 0 Å². The van der Waals surface area contributed by atoms with E-state index in [1.165, 1.54) is 38.2 Å². The Morgan fingerprint density at radius 1 is 1.14 bits per heavy atom. The SMILES string of the molecule is CC(C)CC1(CNC(C)c2cccc(F)c2F)CCCC1. The summed E-state index contributed by atoms with van der Waals surface area (Å²) in [5.74, 6) is -0.813. The largest absolute Gasteiger partial charge is 0.310 e. The molecule has 118 valence electrons. The number of hydrogen-bond donors (Lipinski definition) is 1. The van der Waals surface area contributed by atoms with Gasteiger partial charge < -0.3 is 5.32 Å². The van der Waals surface area contributed by atoms with E-state index in [9.17, 15) is 8.78 Å². The van der Waals surface area contributed by atoms with E-state index in [4.69, 9.17) is 0 Å². The van der Waals surface area contributed by atoms with Gasteiger partial charge in [0.2, 0.25) is 0 Å². The molecule has 0 saturated heterocycles. The molecular formula is C18H27F2N. The fourth-order valence-corrected chi connectivity index (χ4v) is 3.78. The Labute approximate surface area is 127 Å². The van der Waals surface area contributed by atoms with Crippen LogP contribution in [0.4, 0.5) is 8.78 Å². The molecule has 1 nitrogen and oxygen atoms in total. The Balaban J connectivity index is 2.02. The smallest absolute Gasteiger partial charge is 0.163 e. The van der Waals surface area contributed by atoms with Gasteiger partial charge in [0.15, 0.2) is 11.6 Å². The van der Waals surface area contributed by atoms with Crippen LogP contribution < -0.4 is 5.32 Å². The summed E-state index contributed by atoms with van der Waals surface area (Å²) in [6, 6.07) is 4.25.